The Morgan fingerprint density at radius 3 is 2.48 bits per heavy atom. The summed E-state index contributed by atoms with van der Waals surface area (Å²) in [6, 6.07) is 5.87. The Bertz CT molecular complexity index is 1350. The fourth-order valence-corrected chi connectivity index (χ4v) is 3.96. The molecule has 0 spiro atoms. The Labute approximate surface area is 227 Å². The Morgan fingerprint density at radius 2 is 1.85 bits per heavy atom. The molecule has 2 atom stereocenters. The maximum Gasteiger partial charge on any atom is 0.305 e. The molecular formula is C25H26N6O9. The van der Waals surface area contributed by atoms with Gasteiger partial charge >= 0.3 is 5.97 Å². The van der Waals surface area contributed by atoms with Gasteiger partial charge in [-0.05, 0) is 24.3 Å². The van der Waals surface area contributed by atoms with Gasteiger partial charge in [-0.15, -0.1) is 0 Å². The number of fused-ring (bicyclic) bond motifs is 1. The van der Waals surface area contributed by atoms with Crippen molar-refractivity contribution in [2.45, 2.75) is 25.4 Å². The fourth-order valence-electron chi connectivity index (χ4n) is 3.96. The molecule has 0 fully saturated rings. The summed E-state index contributed by atoms with van der Waals surface area (Å²) in [5, 5.41) is 25.7. The third-order valence-electron chi connectivity index (χ3n) is 5.67. The standard InChI is InChI=1S/C25H26N6O9/c1-14(34)27-20-8-15(6-7-26-20)24(39)29-17-10-30(22(36)13-33)18-4-2-3-5-19(18)31(25(17)40)11-21(35)28-16(12-32)9-23(37)38/h2-8,12,16-17,33H,9-11,13H2,1H3,(H,28,35)(H,29,39)(H,37,38)(H,26,27,34)/t16-,17-/m0/s1. The number of hydrogen-bond acceptors (Lipinski definition) is 9. The number of aliphatic hydroxyl groups excluding tert-OH is 1. The van der Waals surface area contributed by atoms with E-state index >= 15 is 0 Å². The van der Waals surface area contributed by atoms with E-state index in [1.54, 1.807) is 6.07 Å². The van der Waals surface area contributed by atoms with Crippen LogP contribution in [-0.2, 0) is 28.8 Å². The Morgan fingerprint density at radius 1 is 1.15 bits per heavy atom. The molecule has 1 aromatic carbocycles. The quantitative estimate of drug-likeness (QED) is 0.218. The zero-order chi connectivity index (χ0) is 29.4. The van der Waals surface area contributed by atoms with Gasteiger partial charge in [-0.25, -0.2) is 4.98 Å². The lowest BCUT2D eigenvalue weighted by atomic mass is 10.2. The molecule has 3 rings (SSSR count). The lowest BCUT2D eigenvalue weighted by Crippen LogP contribution is -2.55. The number of para-hydroxylation sites is 2. The SMILES string of the molecule is CC(=O)Nc1cc(C(=O)N[C@H]2CN(C(=O)CO)c3ccccc3N(CC(=O)N[C@H](C=O)CC(=O)O)C2=O)ccn1. The van der Waals surface area contributed by atoms with Crippen molar-refractivity contribution in [2.24, 2.45) is 0 Å². The van der Waals surface area contributed by atoms with E-state index < -0.39 is 73.7 Å². The number of carbonyl (C=O) groups is 7. The molecule has 15 nitrogen and oxygen atoms in total. The van der Waals surface area contributed by atoms with Crippen LogP contribution in [0, 0.1) is 0 Å². The number of rotatable bonds is 10. The molecule has 1 aliphatic heterocycles. The van der Waals surface area contributed by atoms with Crippen LogP contribution in [0.4, 0.5) is 17.2 Å². The predicted molar refractivity (Wildman–Crippen MR) is 138 cm³/mol. The molecule has 5 N–H and O–H groups in total. The molecule has 15 heteroatoms. The van der Waals surface area contributed by atoms with E-state index in [2.05, 4.69) is 20.9 Å². The van der Waals surface area contributed by atoms with Crippen LogP contribution in [-0.4, -0.2) is 88.8 Å². The number of nitrogens with zero attached hydrogens (tertiary/aromatic N) is 3. The van der Waals surface area contributed by atoms with Gasteiger partial charge in [0.05, 0.1) is 30.4 Å². The second-order valence-corrected chi connectivity index (χ2v) is 8.62. The van der Waals surface area contributed by atoms with Crippen molar-refractivity contribution in [3.05, 3.63) is 48.2 Å². The van der Waals surface area contributed by atoms with Gasteiger partial charge in [-0.1, -0.05) is 12.1 Å². The molecule has 40 heavy (non-hydrogen) atoms. The monoisotopic (exact) mass is 554 g/mol. The molecular weight excluding hydrogens is 528 g/mol. The smallest absolute Gasteiger partial charge is 0.305 e. The average Bonchev–Trinajstić information content (AvgIpc) is 3.02. The minimum atomic E-state index is -1.42. The molecule has 0 bridgehead atoms. The molecule has 2 heterocycles. The molecule has 5 amide bonds. The first-order valence-corrected chi connectivity index (χ1v) is 11.9. The fraction of sp³-hybridized carbons (Fsp3) is 0.280. The van der Waals surface area contributed by atoms with Crippen molar-refractivity contribution in [3.63, 3.8) is 0 Å². The number of nitrogens with one attached hydrogen (secondary N) is 3. The van der Waals surface area contributed by atoms with Crippen molar-refractivity contribution in [3.8, 4) is 0 Å². The summed E-state index contributed by atoms with van der Waals surface area (Å²) in [5.41, 5.74) is 0.285. The van der Waals surface area contributed by atoms with Crippen LogP contribution < -0.4 is 25.8 Å². The first-order valence-electron chi connectivity index (χ1n) is 11.9. The van der Waals surface area contributed by atoms with E-state index in [4.69, 9.17) is 5.11 Å². The van der Waals surface area contributed by atoms with E-state index in [0.717, 1.165) is 9.80 Å². The number of aldehydes is 1. The molecule has 2 aromatic rings. The number of carboxylic acid groups (broad SMARTS) is 1. The topological polar surface area (TPSA) is 215 Å². The van der Waals surface area contributed by atoms with E-state index in [1.165, 1.54) is 43.5 Å². The van der Waals surface area contributed by atoms with Gasteiger partial charge in [0.2, 0.25) is 11.8 Å². The van der Waals surface area contributed by atoms with Gasteiger partial charge in [0.15, 0.2) is 0 Å². The largest absolute Gasteiger partial charge is 0.481 e. The highest BCUT2D eigenvalue weighted by Gasteiger charge is 2.37. The van der Waals surface area contributed by atoms with Crippen molar-refractivity contribution in [1.82, 2.24) is 15.6 Å². The van der Waals surface area contributed by atoms with Gasteiger partial charge in [-0.2, -0.15) is 0 Å². The Kier molecular flexibility index (Phi) is 9.59. The molecule has 1 aliphatic rings. The highest BCUT2D eigenvalue weighted by Crippen LogP contribution is 2.33. The zero-order valence-electron chi connectivity index (χ0n) is 21.2. The normalized spacial score (nSPS) is 15.2. The second-order valence-electron chi connectivity index (χ2n) is 8.62. The van der Waals surface area contributed by atoms with Gasteiger partial charge in [-0.3, -0.25) is 33.7 Å². The van der Waals surface area contributed by atoms with E-state index in [9.17, 15) is 38.7 Å². The number of carbonyl (C=O) groups excluding carboxylic acids is 6. The van der Waals surface area contributed by atoms with Crippen LogP contribution in [0.25, 0.3) is 0 Å². The number of aromatic nitrogens is 1. The van der Waals surface area contributed by atoms with Crippen molar-refractivity contribution in [1.29, 1.82) is 0 Å². The molecule has 0 aliphatic carbocycles. The first-order chi connectivity index (χ1) is 19.0. The van der Waals surface area contributed by atoms with Crippen LogP contribution in [0.2, 0.25) is 0 Å². The predicted octanol–water partition coefficient (Wildman–Crippen LogP) is -1.33. The van der Waals surface area contributed by atoms with Gasteiger partial charge in [0.1, 0.15) is 31.3 Å². The summed E-state index contributed by atoms with van der Waals surface area (Å²) in [6.45, 7) is -0.745. The average molecular weight is 555 g/mol. The minimum Gasteiger partial charge on any atom is -0.481 e. The summed E-state index contributed by atoms with van der Waals surface area (Å²) in [7, 11) is 0. The molecule has 0 radical (unpaired) electrons. The third-order valence-corrected chi connectivity index (χ3v) is 5.67. The van der Waals surface area contributed by atoms with Crippen LogP contribution in [0.5, 0.6) is 0 Å². The van der Waals surface area contributed by atoms with Crippen LogP contribution in [0.1, 0.15) is 23.7 Å². The minimum absolute atomic E-state index is 0.0279. The molecule has 0 saturated heterocycles. The van der Waals surface area contributed by atoms with Crippen molar-refractivity contribution >= 4 is 59.0 Å². The summed E-state index contributed by atoms with van der Waals surface area (Å²) in [6.07, 6.45) is 0.840. The summed E-state index contributed by atoms with van der Waals surface area (Å²) in [5.74, 6) is -4.89. The number of aliphatic carboxylic acids is 1. The Balaban J connectivity index is 1.95. The Hall–Kier alpha value is -5.18. The van der Waals surface area contributed by atoms with Crippen molar-refractivity contribution < 1.29 is 43.8 Å². The number of benzene rings is 1. The summed E-state index contributed by atoms with van der Waals surface area (Å²) < 4.78 is 0. The highest BCUT2D eigenvalue weighted by atomic mass is 16.4. The van der Waals surface area contributed by atoms with E-state index in [-0.39, 0.29) is 29.0 Å². The lowest BCUT2D eigenvalue weighted by Gasteiger charge is -2.25. The number of aliphatic hydroxyl groups is 1. The van der Waals surface area contributed by atoms with Crippen molar-refractivity contribution in [2.75, 3.05) is 34.8 Å². The highest BCUT2D eigenvalue weighted by molar-refractivity contribution is 6.11. The number of pyridine rings is 1. The molecule has 0 saturated carbocycles. The third kappa shape index (κ3) is 7.22. The molecule has 210 valence electrons. The van der Waals surface area contributed by atoms with Gasteiger partial charge in [0.25, 0.3) is 17.7 Å². The number of carboxylic acids is 1. The van der Waals surface area contributed by atoms with E-state index in [1.807, 2.05) is 0 Å². The van der Waals surface area contributed by atoms with Crippen LogP contribution >= 0.6 is 0 Å². The van der Waals surface area contributed by atoms with Gasteiger partial charge in [0, 0.05) is 18.7 Å². The van der Waals surface area contributed by atoms with Crippen LogP contribution in [0.15, 0.2) is 42.6 Å². The number of amides is 5. The van der Waals surface area contributed by atoms with Crippen LogP contribution in [0.3, 0.4) is 0 Å². The maximum absolute atomic E-state index is 13.7. The zero-order valence-corrected chi connectivity index (χ0v) is 21.2. The number of anilines is 3. The second kappa shape index (κ2) is 13.1. The van der Waals surface area contributed by atoms with E-state index in [0.29, 0.717) is 0 Å². The molecule has 1 aromatic heterocycles. The summed E-state index contributed by atoms with van der Waals surface area (Å²) >= 11 is 0. The maximum atomic E-state index is 13.7. The molecule has 0 unspecified atom stereocenters. The van der Waals surface area contributed by atoms with Gasteiger partial charge < -0.3 is 35.9 Å². The summed E-state index contributed by atoms with van der Waals surface area (Å²) in [4.78, 5) is 91.8. The lowest BCUT2D eigenvalue weighted by molar-refractivity contribution is -0.139. The first kappa shape index (κ1) is 29.4. The number of hydrogen-bond donors (Lipinski definition) is 5.